The molecule has 0 heterocycles. The second-order valence-electron chi connectivity index (χ2n) is 3.91. The molecule has 0 aliphatic carbocycles. The molecule has 1 rings (SSSR count). The SMILES string of the molecule is COc1ccc(NCN=C(N)NC(C)C)cc1. The van der Waals surface area contributed by atoms with Crippen molar-refractivity contribution in [2.45, 2.75) is 19.9 Å². The highest BCUT2D eigenvalue weighted by atomic mass is 16.5. The first kappa shape index (κ1) is 13.2. The molecule has 94 valence electrons. The number of hydrogen-bond acceptors (Lipinski definition) is 3. The molecule has 0 saturated carbocycles. The van der Waals surface area contributed by atoms with Gasteiger partial charge < -0.3 is 21.1 Å². The van der Waals surface area contributed by atoms with Crippen molar-refractivity contribution in [1.29, 1.82) is 0 Å². The average Bonchev–Trinajstić information content (AvgIpc) is 2.29. The smallest absolute Gasteiger partial charge is 0.190 e. The quantitative estimate of drug-likeness (QED) is 0.533. The van der Waals surface area contributed by atoms with Crippen molar-refractivity contribution >= 4 is 11.6 Å². The van der Waals surface area contributed by atoms with E-state index in [2.05, 4.69) is 15.6 Å². The first-order valence-electron chi connectivity index (χ1n) is 5.56. The predicted octanol–water partition coefficient (Wildman–Crippen LogP) is 1.38. The van der Waals surface area contributed by atoms with Crippen LogP contribution >= 0.6 is 0 Å². The molecule has 0 fully saturated rings. The lowest BCUT2D eigenvalue weighted by atomic mass is 10.3. The lowest BCUT2D eigenvalue weighted by Gasteiger charge is -2.09. The maximum atomic E-state index is 5.66. The third kappa shape index (κ3) is 5.10. The molecule has 5 heteroatoms. The van der Waals surface area contributed by atoms with Gasteiger partial charge in [-0.05, 0) is 38.1 Å². The Kier molecular flexibility index (Phi) is 5.13. The summed E-state index contributed by atoms with van der Waals surface area (Å²) in [4.78, 5) is 4.14. The number of methoxy groups -OCH3 is 1. The second kappa shape index (κ2) is 6.62. The highest BCUT2D eigenvalue weighted by Crippen LogP contribution is 2.14. The Morgan fingerprint density at radius 2 is 2.00 bits per heavy atom. The molecule has 0 aliphatic heterocycles. The summed E-state index contributed by atoms with van der Waals surface area (Å²) in [5, 5.41) is 6.15. The zero-order valence-electron chi connectivity index (χ0n) is 10.5. The number of aliphatic imine (C=N–C) groups is 1. The first-order chi connectivity index (χ1) is 8.11. The van der Waals surface area contributed by atoms with Gasteiger partial charge in [-0.15, -0.1) is 0 Å². The number of guanidine groups is 1. The van der Waals surface area contributed by atoms with E-state index < -0.39 is 0 Å². The summed E-state index contributed by atoms with van der Waals surface area (Å²) in [6.45, 7) is 4.47. The minimum atomic E-state index is 0.291. The van der Waals surface area contributed by atoms with Crippen molar-refractivity contribution in [2.75, 3.05) is 19.1 Å². The van der Waals surface area contributed by atoms with Gasteiger partial charge in [0.1, 0.15) is 12.4 Å². The molecule has 0 saturated heterocycles. The minimum absolute atomic E-state index is 0.291. The van der Waals surface area contributed by atoms with Gasteiger partial charge in [-0.1, -0.05) is 0 Å². The fraction of sp³-hybridized carbons (Fsp3) is 0.417. The summed E-state index contributed by atoms with van der Waals surface area (Å²) >= 11 is 0. The Morgan fingerprint density at radius 1 is 1.35 bits per heavy atom. The van der Waals surface area contributed by atoms with Crippen LogP contribution in [0.25, 0.3) is 0 Å². The van der Waals surface area contributed by atoms with Crippen LogP contribution in [0.2, 0.25) is 0 Å². The van der Waals surface area contributed by atoms with E-state index in [-0.39, 0.29) is 0 Å². The van der Waals surface area contributed by atoms with Gasteiger partial charge in [0.15, 0.2) is 5.96 Å². The van der Waals surface area contributed by atoms with E-state index in [1.807, 2.05) is 38.1 Å². The van der Waals surface area contributed by atoms with Crippen molar-refractivity contribution < 1.29 is 4.74 Å². The zero-order valence-corrected chi connectivity index (χ0v) is 10.5. The number of hydrogen-bond donors (Lipinski definition) is 3. The van der Waals surface area contributed by atoms with Crippen LogP contribution in [0.5, 0.6) is 5.75 Å². The lowest BCUT2D eigenvalue weighted by Crippen LogP contribution is -2.37. The summed E-state index contributed by atoms with van der Waals surface area (Å²) in [7, 11) is 1.64. The number of benzene rings is 1. The number of nitrogens with one attached hydrogen (secondary N) is 2. The standard InChI is InChI=1S/C12H20N4O/c1-9(2)16-12(13)15-8-14-10-4-6-11(17-3)7-5-10/h4-7,9,14H,8H2,1-3H3,(H3,13,15,16). The largest absolute Gasteiger partial charge is 0.497 e. The molecular formula is C12H20N4O. The van der Waals surface area contributed by atoms with E-state index in [4.69, 9.17) is 10.5 Å². The molecule has 5 nitrogen and oxygen atoms in total. The van der Waals surface area contributed by atoms with Gasteiger partial charge in [0, 0.05) is 11.7 Å². The van der Waals surface area contributed by atoms with E-state index in [0.29, 0.717) is 18.7 Å². The van der Waals surface area contributed by atoms with Crippen LogP contribution in [0.4, 0.5) is 5.69 Å². The van der Waals surface area contributed by atoms with Gasteiger partial charge in [0.2, 0.25) is 0 Å². The first-order valence-corrected chi connectivity index (χ1v) is 5.56. The van der Waals surface area contributed by atoms with Crippen LogP contribution in [-0.2, 0) is 0 Å². The highest BCUT2D eigenvalue weighted by molar-refractivity contribution is 5.78. The molecular weight excluding hydrogens is 216 g/mol. The van der Waals surface area contributed by atoms with Crippen LogP contribution < -0.4 is 21.1 Å². The Morgan fingerprint density at radius 3 is 2.53 bits per heavy atom. The van der Waals surface area contributed by atoms with E-state index in [0.717, 1.165) is 11.4 Å². The monoisotopic (exact) mass is 236 g/mol. The molecule has 0 bridgehead atoms. The summed E-state index contributed by atoms with van der Waals surface area (Å²) < 4.78 is 5.07. The van der Waals surface area contributed by atoms with Gasteiger partial charge in [0.25, 0.3) is 0 Å². The summed E-state index contributed by atoms with van der Waals surface area (Å²) in [6.07, 6.45) is 0. The predicted molar refractivity (Wildman–Crippen MR) is 71.4 cm³/mol. The van der Waals surface area contributed by atoms with Crippen molar-refractivity contribution in [3.05, 3.63) is 24.3 Å². The molecule has 0 aliphatic rings. The average molecular weight is 236 g/mol. The number of ether oxygens (including phenoxy) is 1. The third-order valence-corrected chi connectivity index (χ3v) is 2.06. The van der Waals surface area contributed by atoms with Gasteiger partial charge in [-0.3, -0.25) is 0 Å². The molecule has 1 aromatic rings. The van der Waals surface area contributed by atoms with Crippen LogP contribution in [0, 0.1) is 0 Å². The topological polar surface area (TPSA) is 71.7 Å². The molecule has 0 atom stereocenters. The number of rotatable bonds is 5. The maximum Gasteiger partial charge on any atom is 0.190 e. The molecule has 0 unspecified atom stereocenters. The Balaban J connectivity index is 2.39. The van der Waals surface area contributed by atoms with Crippen molar-refractivity contribution in [2.24, 2.45) is 10.7 Å². The Hall–Kier alpha value is -1.91. The third-order valence-electron chi connectivity index (χ3n) is 2.06. The van der Waals surface area contributed by atoms with Crippen LogP contribution in [0.1, 0.15) is 13.8 Å². The summed E-state index contributed by atoms with van der Waals surface area (Å²) in [6, 6.07) is 7.93. The Bertz CT molecular complexity index is 359. The van der Waals surface area contributed by atoms with Crippen molar-refractivity contribution in [1.82, 2.24) is 5.32 Å². The van der Waals surface area contributed by atoms with E-state index >= 15 is 0 Å². The number of nitrogens with two attached hydrogens (primary N) is 1. The fourth-order valence-corrected chi connectivity index (χ4v) is 1.27. The molecule has 1 aromatic carbocycles. The fourth-order valence-electron chi connectivity index (χ4n) is 1.27. The Labute approximate surface area is 102 Å². The van der Waals surface area contributed by atoms with E-state index in [1.165, 1.54) is 0 Å². The van der Waals surface area contributed by atoms with Crippen molar-refractivity contribution in [3.8, 4) is 5.75 Å². The molecule has 0 aromatic heterocycles. The van der Waals surface area contributed by atoms with E-state index in [9.17, 15) is 0 Å². The normalized spacial score (nSPS) is 11.4. The van der Waals surface area contributed by atoms with Gasteiger partial charge in [0.05, 0.1) is 7.11 Å². The number of nitrogens with zero attached hydrogens (tertiary/aromatic N) is 1. The molecule has 0 spiro atoms. The lowest BCUT2D eigenvalue weighted by molar-refractivity contribution is 0.415. The molecule has 17 heavy (non-hydrogen) atoms. The minimum Gasteiger partial charge on any atom is -0.497 e. The van der Waals surface area contributed by atoms with Gasteiger partial charge in [-0.25, -0.2) is 4.99 Å². The molecule has 0 amide bonds. The van der Waals surface area contributed by atoms with Crippen molar-refractivity contribution in [3.63, 3.8) is 0 Å². The molecule has 0 radical (unpaired) electrons. The van der Waals surface area contributed by atoms with Gasteiger partial charge in [-0.2, -0.15) is 0 Å². The van der Waals surface area contributed by atoms with Crippen LogP contribution in [0.15, 0.2) is 29.3 Å². The highest BCUT2D eigenvalue weighted by Gasteiger charge is 1.95. The van der Waals surface area contributed by atoms with Crippen LogP contribution in [0.3, 0.4) is 0 Å². The summed E-state index contributed by atoms with van der Waals surface area (Å²) in [5.74, 6) is 1.28. The zero-order chi connectivity index (χ0) is 12.7. The maximum absolute atomic E-state index is 5.66. The number of anilines is 1. The summed E-state index contributed by atoms with van der Waals surface area (Å²) in [5.41, 5.74) is 6.64. The second-order valence-corrected chi connectivity index (χ2v) is 3.91. The van der Waals surface area contributed by atoms with Crippen LogP contribution in [-0.4, -0.2) is 25.8 Å². The van der Waals surface area contributed by atoms with E-state index in [1.54, 1.807) is 7.11 Å². The van der Waals surface area contributed by atoms with Gasteiger partial charge >= 0.3 is 0 Å². The molecule has 4 N–H and O–H groups in total.